The molecule has 0 unspecified atom stereocenters. The van der Waals surface area contributed by atoms with Crippen LogP contribution in [-0.2, 0) is 0 Å². The van der Waals surface area contributed by atoms with Gasteiger partial charge in [0.05, 0.1) is 0 Å². The average Bonchev–Trinajstić information content (AvgIpc) is 2.78. The van der Waals surface area contributed by atoms with Gasteiger partial charge in [0.15, 0.2) is 5.78 Å². The van der Waals surface area contributed by atoms with Crippen LogP contribution in [0.1, 0.15) is 15.9 Å². The summed E-state index contributed by atoms with van der Waals surface area (Å²) in [6.07, 6.45) is 0. The number of hydrogen-bond donors (Lipinski definition) is 2. The van der Waals surface area contributed by atoms with Crippen LogP contribution in [0.25, 0.3) is 0 Å². The van der Waals surface area contributed by atoms with E-state index in [1.54, 1.807) is 23.5 Å². The van der Waals surface area contributed by atoms with Crippen molar-refractivity contribution in [2.45, 2.75) is 19.6 Å². The van der Waals surface area contributed by atoms with Crippen LogP contribution in [0, 0.1) is 0 Å². The minimum absolute atomic E-state index is 0.00769. The van der Waals surface area contributed by atoms with Crippen LogP contribution in [-0.4, -0.2) is 5.78 Å². The molecule has 0 aliphatic heterocycles. The molecule has 148 valence electrons. The van der Waals surface area contributed by atoms with E-state index in [-0.39, 0.29) is 5.78 Å². The number of nitrogen functional groups attached to an aromatic ring is 2. The second-order valence-electron chi connectivity index (χ2n) is 6.67. The Balaban J connectivity index is 1.77. The molecule has 30 heavy (non-hydrogen) atoms. The molecule has 0 saturated heterocycles. The Morgan fingerprint density at radius 1 is 0.600 bits per heavy atom. The summed E-state index contributed by atoms with van der Waals surface area (Å²) >= 11 is 3.19. The lowest BCUT2D eigenvalue weighted by molar-refractivity contribution is 0.103. The van der Waals surface area contributed by atoms with Gasteiger partial charge in [-0.3, -0.25) is 4.79 Å². The second-order valence-corrected chi connectivity index (χ2v) is 8.87. The number of nitrogens with two attached hydrogens (primary N) is 2. The standard InChI is InChI=1S/C25H20N2OS2/c26-18-9-13-20(14-10-18)29-23-8-4-7-22(24(28)17-5-2-1-3-6-17)25(23)30-21-15-11-19(27)12-16-21/h1-16H,26-27H2. The van der Waals surface area contributed by atoms with E-state index in [1.807, 2.05) is 97.1 Å². The fourth-order valence-electron chi connectivity index (χ4n) is 2.94. The first-order valence-electron chi connectivity index (χ1n) is 9.40. The van der Waals surface area contributed by atoms with Crippen molar-refractivity contribution in [2.75, 3.05) is 11.5 Å². The van der Waals surface area contributed by atoms with Gasteiger partial charge in [0.2, 0.25) is 0 Å². The Kier molecular flexibility index (Phi) is 6.12. The third-order valence-electron chi connectivity index (χ3n) is 4.47. The maximum atomic E-state index is 13.3. The van der Waals surface area contributed by atoms with Crippen molar-refractivity contribution in [2.24, 2.45) is 0 Å². The first-order chi connectivity index (χ1) is 14.6. The van der Waals surface area contributed by atoms with Crippen molar-refractivity contribution in [3.8, 4) is 0 Å². The molecule has 0 amide bonds. The molecular formula is C25H20N2OS2. The molecule has 0 fully saturated rings. The SMILES string of the molecule is Nc1ccc(Sc2cccc(C(=O)c3ccccc3)c2Sc2ccc(N)cc2)cc1. The molecular weight excluding hydrogens is 408 g/mol. The Morgan fingerprint density at radius 3 is 1.77 bits per heavy atom. The molecule has 0 radical (unpaired) electrons. The number of carbonyl (C=O) groups is 1. The van der Waals surface area contributed by atoms with E-state index in [4.69, 9.17) is 11.5 Å². The fraction of sp³-hybridized carbons (Fsp3) is 0. The van der Waals surface area contributed by atoms with Crippen molar-refractivity contribution in [3.63, 3.8) is 0 Å². The van der Waals surface area contributed by atoms with Crippen LogP contribution in [0.5, 0.6) is 0 Å². The van der Waals surface area contributed by atoms with Crippen LogP contribution in [0.3, 0.4) is 0 Å². The third kappa shape index (κ3) is 4.70. The van der Waals surface area contributed by atoms with Gasteiger partial charge in [-0.1, -0.05) is 59.9 Å². The second kappa shape index (κ2) is 9.11. The zero-order valence-electron chi connectivity index (χ0n) is 16.1. The summed E-state index contributed by atoms with van der Waals surface area (Å²) in [7, 11) is 0. The Bertz CT molecular complexity index is 1160. The number of anilines is 2. The third-order valence-corrected chi connectivity index (χ3v) is 6.82. The van der Waals surface area contributed by atoms with E-state index < -0.39 is 0 Å². The topological polar surface area (TPSA) is 69.1 Å². The molecule has 4 aromatic rings. The van der Waals surface area contributed by atoms with E-state index in [2.05, 4.69) is 0 Å². The van der Waals surface area contributed by atoms with Crippen molar-refractivity contribution in [3.05, 3.63) is 108 Å². The summed E-state index contributed by atoms with van der Waals surface area (Å²) in [6.45, 7) is 0. The molecule has 0 bridgehead atoms. The minimum atomic E-state index is 0.00769. The first kappa shape index (κ1) is 20.1. The van der Waals surface area contributed by atoms with Gasteiger partial charge in [-0.15, -0.1) is 0 Å². The maximum absolute atomic E-state index is 13.3. The van der Waals surface area contributed by atoms with Gasteiger partial charge in [-0.2, -0.15) is 0 Å². The molecule has 0 saturated carbocycles. The molecule has 4 rings (SSSR count). The molecule has 0 aromatic heterocycles. The number of hydrogen-bond acceptors (Lipinski definition) is 5. The Labute approximate surface area is 184 Å². The van der Waals surface area contributed by atoms with Crippen molar-refractivity contribution in [1.82, 2.24) is 0 Å². The van der Waals surface area contributed by atoms with Crippen LogP contribution >= 0.6 is 23.5 Å². The molecule has 0 aliphatic rings. The van der Waals surface area contributed by atoms with Crippen LogP contribution < -0.4 is 11.5 Å². The lowest BCUT2D eigenvalue weighted by atomic mass is 10.0. The normalized spacial score (nSPS) is 10.7. The van der Waals surface area contributed by atoms with E-state index in [0.717, 1.165) is 25.3 Å². The first-order valence-corrected chi connectivity index (χ1v) is 11.0. The van der Waals surface area contributed by atoms with E-state index >= 15 is 0 Å². The van der Waals surface area contributed by atoms with Gasteiger partial charge < -0.3 is 11.5 Å². The largest absolute Gasteiger partial charge is 0.399 e. The van der Waals surface area contributed by atoms with Gasteiger partial charge in [-0.25, -0.2) is 0 Å². The van der Waals surface area contributed by atoms with Gasteiger partial charge in [-0.05, 0) is 60.7 Å². The summed E-state index contributed by atoms with van der Waals surface area (Å²) in [5, 5.41) is 0. The molecule has 0 spiro atoms. The predicted octanol–water partition coefficient (Wildman–Crippen LogP) is 6.38. The zero-order valence-corrected chi connectivity index (χ0v) is 17.8. The molecule has 4 N–H and O–H groups in total. The monoisotopic (exact) mass is 428 g/mol. The van der Waals surface area contributed by atoms with E-state index in [9.17, 15) is 4.79 Å². The number of carbonyl (C=O) groups excluding carboxylic acids is 1. The Morgan fingerprint density at radius 2 is 1.17 bits per heavy atom. The smallest absolute Gasteiger partial charge is 0.194 e. The molecule has 0 aliphatic carbocycles. The van der Waals surface area contributed by atoms with Crippen LogP contribution in [0.4, 0.5) is 11.4 Å². The highest BCUT2D eigenvalue weighted by molar-refractivity contribution is 8.02. The zero-order chi connectivity index (χ0) is 20.9. The summed E-state index contributed by atoms with van der Waals surface area (Å²) in [6, 6.07) is 30.7. The average molecular weight is 429 g/mol. The van der Waals surface area contributed by atoms with Gasteiger partial charge in [0.25, 0.3) is 0 Å². The summed E-state index contributed by atoms with van der Waals surface area (Å²) in [5.41, 5.74) is 14.5. The van der Waals surface area contributed by atoms with Crippen LogP contribution in [0.15, 0.2) is 117 Å². The number of benzene rings is 4. The highest BCUT2D eigenvalue weighted by Crippen LogP contribution is 2.41. The molecule has 5 heteroatoms. The van der Waals surface area contributed by atoms with Crippen molar-refractivity contribution in [1.29, 1.82) is 0 Å². The highest BCUT2D eigenvalue weighted by atomic mass is 32.2. The lowest BCUT2D eigenvalue weighted by Crippen LogP contribution is -2.03. The Hall–Kier alpha value is -3.15. The fourth-order valence-corrected chi connectivity index (χ4v) is 5.01. The van der Waals surface area contributed by atoms with Crippen molar-refractivity contribution < 1.29 is 4.79 Å². The van der Waals surface area contributed by atoms with E-state index in [0.29, 0.717) is 16.8 Å². The summed E-state index contributed by atoms with van der Waals surface area (Å²) < 4.78 is 0. The van der Waals surface area contributed by atoms with Gasteiger partial charge >= 0.3 is 0 Å². The minimum Gasteiger partial charge on any atom is -0.399 e. The highest BCUT2D eigenvalue weighted by Gasteiger charge is 2.18. The predicted molar refractivity (Wildman–Crippen MR) is 126 cm³/mol. The molecule has 4 aromatic carbocycles. The lowest BCUT2D eigenvalue weighted by Gasteiger charge is -2.14. The quantitative estimate of drug-likeness (QED) is 0.275. The summed E-state index contributed by atoms with van der Waals surface area (Å²) in [4.78, 5) is 17.3. The van der Waals surface area contributed by atoms with Gasteiger partial charge in [0, 0.05) is 42.1 Å². The van der Waals surface area contributed by atoms with Crippen molar-refractivity contribution >= 4 is 40.7 Å². The summed E-state index contributed by atoms with van der Waals surface area (Å²) in [5.74, 6) is 0.00769. The molecule has 0 heterocycles. The number of ketones is 1. The van der Waals surface area contributed by atoms with Crippen LogP contribution in [0.2, 0.25) is 0 Å². The molecule has 0 atom stereocenters. The number of rotatable bonds is 6. The molecule has 3 nitrogen and oxygen atoms in total. The maximum Gasteiger partial charge on any atom is 0.194 e. The van der Waals surface area contributed by atoms with E-state index in [1.165, 1.54) is 0 Å². The van der Waals surface area contributed by atoms with Gasteiger partial charge in [0.1, 0.15) is 0 Å².